The first-order valence-electron chi connectivity index (χ1n) is 5.81. The molecule has 2 aromatic rings. The van der Waals surface area contributed by atoms with Gasteiger partial charge in [0, 0.05) is 22.0 Å². The molecule has 0 atom stereocenters. The Morgan fingerprint density at radius 3 is 2.50 bits per heavy atom. The van der Waals surface area contributed by atoms with E-state index in [4.69, 9.17) is 0 Å². The number of rotatable bonds is 3. The van der Waals surface area contributed by atoms with Gasteiger partial charge in [0.05, 0.1) is 4.47 Å². The van der Waals surface area contributed by atoms with Gasteiger partial charge in [-0.3, -0.25) is 4.79 Å². The Balaban J connectivity index is 2.35. The summed E-state index contributed by atoms with van der Waals surface area (Å²) in [7, 11) is 0. The molecule has 0 unspecified atom stereocenters. The van der Waals surface area contributed by atoms with Gasteiger partial charge in [-0.2, -0.15) is 0 Å². The van der Waals surface area contributed by atoms with Crippen LogP contribution in [0.15, 0.2) is 39.3 Å². The number of Topliss-reactive ketones (excluding diaryl/α,β-unsaturated/α-hetero) is 1. The second-order valence-electron chi connectivity index (χ2n) is 4.44. The third-order valence-electron chi connectivity index (χ3n) is 2.84. The Morgan fingerprint density at radius 2 is 1.85 bits per heavy atom. The van der Waals surface area contributed by atoms with Crippen LogP contribution in [0.3, 0.4) is 0 Å². The predicted octanol–water partition coefficient (Wildman–Crippen LogP) is 5.22. The molecule has 0 spiro atoms. The van der Waals surface area contributed by atoms with Gasteiger partial charge < -0.3 is 0 Å². The highest BCUT2D eigenvalue weighted by molar-refractivity contribution is 9.10. The molecule has 2 rings (SSSR count). The predicted molar refractivity (Wildman–Crippen MR) is 81.0 cm³/mol. The lowest BCUT2D eigenvalue weighted by molar-refractivity contribution is 0.0990. The Kier molecular flexibility index (Phi) is 4.70. The van der Waals surface area contributed by atoms with Gasteiger partial charge in [0.1, 0.15) is 11.6 Å². The topological polar surface area (TPSA) is 17.1 Å². The van der Waals surface area contributed by atoms with Crippen LogP contribution in [-0.2, 0) is 6.42 Å². The van der Waals surface area contributed by atoms with E-state index >= 15 is 0 Å². The molecule has 0 amide bonds. The lowest BCUT2D eigenvalue weighted by atomic mass is 10.0. The first kappa shape index (κ1) is 15.3. The number of benzene rings is 2. The van der Waals surface area contributed by atoms with Crippen molar-refractivity contribution in [3.63, 3.8) is 0 Å². The lowest BCUT2D eigenvalue weighted by Gasteiger charge is -2.07. The minimum atomic E-state index is -0.731. The van der Waals surface area contributed by atoms with E-state index in [2.05, 4.69) is 31.9 Å². The van der Waals surface area contributed by atoms with E-state index < -0.39 is 11.6 Å². The molecule has 1 nitrogen and oxygen atoms in total. The highest BCUT2D eigenvalue weighted by Crippen LogP contribution is 2.24. The molecular formula is C15H10Br2F2O. The number of ketones is 1. The average molecular weight is 404 g/mol. The van der Waals surface area contributed by atoms with Crippen LogP contribution in [0.4, 0.5) is 8.78 Å². The van der Waals surface area contributed by atoms with Crippen molar-refractivity contribution < 1.29 is 13.6 Å². The molecule has 0 N–H and O–H groups in total. The molecule has 5 heteroatoms. The molecule has 0 aromatic heterocycles. The van der Waals surface area contributed by atoms with Crippen molar-refractivity contribution in [2.75, 3.05) is 0 Å². The zero-order chi connectivity index (χ0) is 14.9. The minimum Gasteiger partial charge on any atom is -0.294 e. The van der Waals surface area contributed by atoms with E-state index in [1.54, 1.807) is 12.1 Å². The van der Waals surface area contributed by atoms with Gasteiger partial charge in [-0.1, -0.05) is 15.9 Å². The minimum absolute atomic E-state index is 0.145. The second kappa shape index (κ2) is 6.14. The van der Waals surface area contributed by atoms with Gasteiger partial charge in [-0.05, 0) is 58.7 Å². The summed E-state index contributed by atoms with van der Waals surface area (Å²) in [4.78, 5) is 12.2. The summed E-state index contributed by atoms with van der Waals surface area (Å²) < 4.78 is 28.4. The number of hydrogen-bond acceptors (Lipinski definition) is 1. The fourth-order valence-corrected chi connectivity index (χ4v) is 2.87. The van der Waals surface area contributed by atoms with Gasteiger partial charge in [0.15, 0.2) is 5.78 Å². The van der Waals surface area contributed by atoms with Crippen molar-refractivity contribution in [2.24, 2.45) is 0 Å². The molecule has 0 aliphatic carbocycles. The van der Waals surface area contributed by atoms with E-state index in [-0.39, 0.29) is 22.2 Å². The van der Waals surface area contributed by atoms with E-state index in [9.17, 15) is 13.6 Å². The fraction of sp³-hybridized carbons (Fsp3) is 0.133. The number of aryl methyl sites for hydroxylation is 1. The lowest BCUT2D eigenvalue weighted by Crippen LogP contribution is -2.08. The maximum Gasteiger partial charge on any atom is 0.167 e. The van der Waals surface area contributed by atoms with Crippen molar-refractivity contribution in [1.29, 1.82) is 0 Å². The van der Waals surface area contributed by atoms with E-state index in [0.717, 1.165) is 16.1 Å². The number of hydrogen-bond donors (Lipinski definition) is 0. The van der Waals surface area contributed by atoms with Crippen LogP contribution < -0.4 is 0 Å². The smallest absolute Gasteiger partial charge is 0.167 e. The quantitative estimate of drug-likeness (QED) is 0.507. The molecule has 0 saturated heterocycles. The second-order valence-corrected chi connectivity index (χ2v) is 6.21. The summed E-state index contributed by atoms with van der Waals surface area (Å²) in [5.74, 6) is -1.78. The molecule has 0 heterocycles. The molecule has 104 valence electrons. The number of carbonyl (C=O) groups excluding carboxylic acids is 1. The molecule has 0 aliphatic heterocycles. The number of halogens is 4. The van der Waals surface area contributed by atoms with Crippen molar-refractivity contribution in [3.8, 4) is 0 Å². The molecule has 0 saturated carbocycles. The third kappa shape index (κ3) is 3.33. The van der Waals surface area contributed by atoms with E-state index in [1.165, 1.54) is 6.07 Å². The van der Waals surface area contributed by atoms with Gasteiger partial charge in [-0.15, -0.1) is 0 Å². The van der Waals surface area contributed by atoms with Crippen LogP contribution in [0.25, 0.3) is 0 Å². The summed E-state index contributed by atoms with van der Waals surface area (Å²) in [6.07, 6.45) is -0.313. The van der Waals surface area contributed by atoms with Crippen LogP contribution in [0.5, 0.6) is 0 Å². The van der Waals surface area contributed by atoms with Crippen molar-refractivity contribution >= 4 is 37.6 Å². The average Bonchev–Trinajstić information content (AvgIpc) is 2.38. The molecule has 2 aromatic carbocycles. The first-order chi connectivity index (χ1) is 9.38. The summed E-state index contributed by atoms with van der Waals surface area (Å²) in [6, 6.07) is 7.62. The monoisotopic (exact) mass is 402 g/mol. The summed E-state index contributed by atoms with van der Waals surface area (Å²) in [5, 5.41) is 0. The van der Waals surface area contributed by atoms with Crippen molar-refractivity contribution in [3.05, 3.63) is 67.6 Å². The molecule has 0 radical (unpaired) electrons. The molecule has 0 fully saturated rings. The molecule has 0 aliphatic rings. The zero-order valence-corrected chi connectivity index (χ0v) is 13.7. The van der Waals surface area contributed by atoms with E-state index in [0.29, 0.717) is 5.56 Å². The normalized spacial score (nSPS) is 10.7. The van der Waals surface area contributed by atoms with Crippen molar-refractivity contribution in [2.45, 2.75) is 13.3 Å². The largest absolute Gasteiger partial charge is 0.294 e. The number of carbonyl (C=O) groups is 1. The van der Waals surface area contributed by atoms with Gasteiger partial charge in [0.25, 0.3) is 0 Å². The Bertz CT molecular complexity index is 664. The standard InChI is InChI=1S/C15H10Br2F2O/c1-8-4-9(6-10(16)5-8)14(20)7-11-13(18)3-2-12(17)15(11)19/h2-6H,7H2,1H3. The van der Waals surface area contributed by atoms with Crippen LogP contribution in [0.2, 0.25) is 0 Å². The van der Waals surface area contributed by atoms with Crippen LogP contribution in [0.1, 0.15) is 21.5 Å². The summed E-state index contributed by atoms with van der Waals surface area (Å²) >= 11 is 6.29. The maximum atomic E-state index is 13.8. The Morgan fingerprint density at radius 1 is 1.15 bits per heavy atom. The SMILES string of the molecule is Cc1cc(Br)cc(C(=O)Cc2c(F)ccc(Br)c2F)c1. The van der Waals surface area contributed by atoms with Gasteiger partial charge in [0.2, 0.25) is 0 Å². The molecule has 0 bridgehead atoms. The Labute approximate surface area is 132 Å². The van der Waals surface area contributed by atoms with Gasteiger partial charge >= 0.3 is 0 Å². The highest BCUT2D eigenvalue weighted by Gasteiger charge is 2.17. The van der Waals surface area contributed by atoms with Crippen molar-refractivity contribution in [1.82, 2.24) is 0 Å². The molecule has 20 heavy (non-hydrogen) atoms. The maximum absolute atomic E-state index is 13.8. The van der Waals surface area contributed by atoms with E-state index in [1.807, 2.05) is 13.0 Å². The molecular weight excluding hydrogens is 394 g/mol. The third-order valence-corrected chi connectivity index (χ3v) is 3.91. The summed E-state index contributed by atoms with van der Waals surface area (Å²) in [6.45, 7) is 1.85. The van der Waals surface area contributed by atoms with Gasteiger partial charge in [-0.25, -0.2) is 8.78 Å². The van der Waals surface area contributed by atoms with Crippen LogP contribution in [0, 0.1) is 18.6 Å². The first-order valence-corrected chi connectivity index (χ1v) is 7.40. The van der Waals surface area contributed by atoms with Crippen LogP contribution >= 0.6 is 31.9 Å². The fourth-order valence-electron chi connectivity index (χ4n) is 1.89. The highest BCUT2D eigenvalue weighted by atomic mass is 79.9. The Hall–Kier alpha value is -1.07. The summed E-state index contributed by atoms with van der Waals surface area (Å²) in [5.41, 5.74) is 1.11. The zero-order valence-electron chi connectivity index (χ0n) is 10.5. The van der Waals surface area contributed by atoms with Crippen LogP contribution in [-0.4, -0.2) is 5.78 Å².